The molecule has 1 aromatic rings. The molecule has 0 unspecified atom stereocenters. The normalized spacial score (nSPS) is 21.1. The van der Waals surface area contributed by atoms with E-state index in [2.05, 4.69) is 32.9 Å². The quantitative estimate of drug-likeness (QED) is 0.739. The van der Waals surface area contributed by atoms with Crippen LogP contribution >= 0.6 is 23.9 Å². The number of hydrogen-bond acceptors (Lipinski definition) is 6. The van der Waals surface area contributed by atoms with E-state index >= 15 is 0 Å². The number of benzene rings is 1. The number of nitrogens with zero attached hydrogens (tertiary/aromatic N) is 2. The Hall–Kier alpha value is -0.240. The second-order valence-electron chi connectivity index (χ2n) is 5.45. The zero-order valence-corrected chi connectivity index (χ0v) is 14.5. The maximum absolute atomic E-state index is 5.38. The topological polar surface area (TPSA) is 24.9 Å². The highest BCUT2D eigenvalue weighted by atomic mass is 32.2. The van der Waals surface area contributed by atoms with Crippen LogP contribution in [0.15, 0.2) is 24.3 Å². The first-order chi connectivity index (χ1) is 10.9. The Balaban J connectivity index is 1.39. The van der Waals surface area contributed by atoms with Crippen molar-refractivity contribution in [3.05, 3.63) is 35.4 Å². The fourth-order valence-corrected chi connectivity index (χ4v) is 4.28. The molecule has 2 heterocycles. The third kappa shape index (κ3) is 5.44. The molecule has 2 aliphatic rings. The molecule has 0 aliphatic carbocycles. The van der Waals surface area contributed by atoms with Crippen molar-refractivity contribution >= 4 is 23.9 Å². The first-order valence-electron chi connectivity index (χ1n) is 7.89. The summed E-state index contributed by atoms with van der Waals surface area (Å²) in [5, 5.41) is 0. The van der Waals surface area contributed by atoms with Crippen LogP contribution in [0.25, 0.3) is 0 Å². The van der Waals surface area contributed by atoms with Crippen molar-refractivity contribution in [1.82, 2.24) is 8.61 Å². The fraction of sp³-hybridized carbons (Fsp3) is 0.625. The molecule has 0 aromatic heterocycles. The minimum absolute atomic E-state index is 0.866. The van der Waals surface area contributed by atoms with Crippen molar-refractivity contribution in [2.24, 2.45) is 0 Å². The lowest BCUT2D eigenvalue weighted by atomic mass is 10.2. The molecule has 0 atom stereocenters. The van der Waals surface area contributed by atoms with E-state index < -0.39 is 0 Å². The molecule has 6 heteroatoms. The summed E-state index contributed by atoms with van der Waals surface area (Å²) < 4.78 is 15.6. The molecule has 1 aromatic carbocycles. The number of hydrogen-bond donors (Lipinski definition) is 0. The van der Waals surface area contributed by atoms with E-state index in [0.29, 0.717) is 0 Å². The standard InChI is InChI=1S/C16H24N2O2S2/c1-2-16(14-22-18-7-11-20-12-8-18)4-3-15(1)13-21-17-5-9-19-10-6-17/h1-4H,5-14H2. The Bertz CT molecular complexity index is 391. The van der Waals surface area contributed by atoms with E-state index in [1.54, 1.807) is 0 Å². The van der Waals surface area contributed by atoms with Gasteiger partial charge in [0.2, 0.25) is 0 Å². The Morgan fingerprint density at radius 1 is 0.682 bits per heavy atom. The molecule has 0 amide bonds. The molecule has 122 valence electrons. The number of ether oxygens (including phenoxy) is 2. The molecule has 2 aliphatic heterocycles. The summed E-state index contributed by atoms with van der Waals surface area (Å²) in [5.74, 6) is 2.10. The molecule has 0 radical (unpaired) electrons. The lowest BCUT2D eigenvalue weighted by Crippen LogP contribution is -2.31. The van der Waals surface area contributed by atoms with E-state index in [9.17, 15) is 0 Å². The van der Waals surface area contributed by atoms with Crippen LogP contribution in [0.4, 0.5) is 0 Å². The average molecular weight is 341 g/mol. The summed E-state index contributed by atoms with van der Waals surface area (Å²) in [6.45, 7) is 7.63. The highest BCUT2D eigenvalue weighted by molar-refractivity contribution is 7.96. The second-order valence-corrected chi connectivity index (χ2v) is 7.57. The van der Waals surface area contributed by atoms with Gasteiger partial charge in [-0.3, -0.25) is 0 Å². The number of rotatable bonds is 6. The average Bonchev–Trinajstić information content (AvgIpc) is 2.61. The van der Waals surface area contributed by atoms with E-state index in [4.69, 9.17) is 9.47 Å². The van der Waals surface area contributed by atoms with Crippen molar-refractivity contribution in [3.8, 4) is 0 Å². The maximum atomic E-state index is 5.38. The Kier molecular flexibility index (Phi) is 6.91. The molecule has 0 saturated carbocycles. The van der Waals surface area contributed by atoms with Gasteiger partial charge >= 0.3 is 0 Å². The minimum atomic E-state index is 0.866. The van der Waals surface area contributed by atoms with Crippen LogP contribution < -0.4 is 0 Å². The maximum Gasteiger partial charge on any atom is 0.0603 e. The van der Waals surface area contributed by atoms with Gasteiger partial charge in [0.1, 0.15) is 0 Å². The first-order valence-corrected chi connectivity index (χ1v) is 9.78. The van der Waals surface area contributed by atoms with E-state index in [0.717, 1.165) is 64.1 Å². The highest BCUT2D eigenvalue weighted by Gasteiger charge is 2.12. The summed E-state index contributed by atoms with van der Waals surface area (Å²) in [6.07, 6.45) is 0. The SMILES string of the molecule is c1cc(CSN2CCOCC2)ccc1CSN1CCOCC1. The van der Waals surface area contributed by atoms with Gasteiger partial charge in [0, 0.05) is 37.7 Å². The molecular weight excluding hydrogens is 316 g/mol. The van der Waals surface area contributed by atoms with Gasteiger partial charge in [-0.1, -0.05) is 48.2 Å². The fourth-order valence-electron chi connectivity index (χ4n) is 2.41. The molecule has 2 fully saturated rings. The molecule has 0 spiro atoms. The molecule has 0 N–H and O–H groups in total. The zero-order chi connectivity index (χ0) is 15.0. The van der Waals surface area contributed by atoms with Crippen molar-refractivity contribution in [1.29, 1.82) is 0 Å². The van der Waals surface area contributed by atoms with Gasteiger partial charge in [-0.15, -0.1) is 0 Å². The van der Waals surface area contributed by atoms with Gasteiger partial charge < -0.3 is 9.47 Å². The van der Waals surface area contributed by atoms with Gasteiger partial charge in [0.25, 0.3) is 0 Å². The zero-order valence-electron chi connectivity index (χ0n) is 12.9. The third-order valence-corrected chi connectivity index (χ3v) is 6.18. The van der Waals surface area contributed by atoms with E-state index in [1.165, 1.54) is 11.1 Å². The first kappa shape index (κ1) is 16.6. The predicted octanol–water partition coefficient (Wildman–Crippen LogP) is 2.65. The molecule has 3 rings (SSSR count). The third-order valence-electron chi connectivity index (χ3n) is 3.79. The van der Waals surface area contributed by atoms with Crippen LogP contribution in [0.2, 0.25) is 0 Å². The lowest BCUT2D eigenvalue weighted by molar-refractivity contribution is 0.0772. The summed E-state index contributed by atoms with van der Waals surface area (Å²) in [5.41, 5.74) is 2.80. The smallest absolute Gasteiger partial charge is 0.0603 e. The van der Waals surface area contributed by atoms with Crippen LogP contribution in [-0.2, 0) is 21.0 Å². The highest BCUT2D eigenvalue weighted by Crippen LogP contribution is 2.21. The van der Waals surface area contributed by atoms with E-state index in [1.807, 2.05) is 23.9 Å². The van der Waals surface area contributed by atoms with Crippen LogP contribution in [-0.4, -0.2) is 61.2 Å². The molecule has 2 saturated heterocycles. The summed E-state index contributed by atoms with van der Waals surface area (Å²) in [6, 6.07) is 9.07. The molecular formula is C16H24N2O2S2. The molecule has 4 nitrogen and oxygen atoms in total. The van der Waals surface area contributed by atoms with Crippen molar-refractivity contribution in [3.63, 3.8) is 0 Å². The lowest BCUT2D eigenvalue weighted by Gasteiger charge is -2.25. The Morgan fingerprint density at radius 2 is 1.05 bits per heavy atom. The van der Waals surface area contributed by atoms with Gasteiger partial charge in [-0.2, -0.15) is 0 Å². The summed E-state index contributed by atoms with van der Waals surface area (Å²) >= 11 is 3.84. The largest absolute Gasteiger partial charge is 0.379 e. The van der Waals surface area contributed by atoms with Crippen LogP contribution in [0, 0.1) is 0 Å². The molecule has 0 bridgehead atoms. The van der Waals surface area contributed by atoms with Crippen LogP contribution in [0.3, 0.4) is 0 Å². The van der Waals surface area contributed by atoms with Crippen molar-refractivity contribution in [2.45, 2.75) is 11.5 Å². The van der Waals surface area contributed by atoms with Gasteiger partial charge in [-0.05, 0) is 11.1 Å². The van der Waals surface area contributed by atoms with Crippen LogP contribution in [0.5, 0.6) is 0 Å². The summed E-state index contributed by atoms with van der Waals surface area (Å²) in [7, 11) is 0. The monoisotopic (exact) mass is 340 g/mol. The minimum Gasteiger partial charge on any atom is -0.379 e. The van der Waals surface area contributed by atoms with Crippen molar-refractivity contribution in [2.75, 3.05) is 52.6 Å². The Labute approximate surface area is 141 Å². The van der Waals surface area contributed by atoms with Gasteiger partial charge in [-0.25, -0.2) is 8.61 Å². The van der Waals surface area contributed by atoms with E-state index in [-0.39, 0.29) is 0 Å². The van der Waals surface area contributed by atoms with Gasteiger partial charge in [0.15, 0.2) is 0 Å². The Morgan fingerprint density at radius 3 is 1.41 bits per heavy atom. The number of morpholine rings is 2. The second kappa shape index (κ2) is 9.15. The van der Waals surface area contributed by atoms with Crippen LogP contribution in [0.1, 0.15) is 11.1 Å². The molecule has 22 heavy (non-hydrogen) atoms. The summed E-state index contributed by atoms with van der Waals surface area (Å²) in [4.78, 5) is 0. The van der Waals surface area contributed by atoms with Crippen molar-refractivity contribution < 1.29 is 9.47 Å². The predicted molar refractivity (Wildman–Crippen MR) is 93.8 cm³/mol. The van der Waals surface area contributed by atoms with Gasteiger partial charge in [0.05, 0.1) is 26.4 Å².